The lowest BCUT2D eigenvalue weighted by atomic mass is 10.1. The molecular formula is C12H17N3O2S2. The van der Waals surface area contributed by atoms with E-state index in [0.717, 1.165) is 23.4 Å². The highest BCUT2D eigenvalue weighted by atomic mass is 32.2. The molecule has 2 N–H and O–H groups in total. The number of hydrogen-bond acceptors (Lipinski definition) is 5. The molecule has 104 valence electrons. The molecule has 19 heavy (non-hydrogen) atoms. The van der Waals surface area contributed by atoms with Gasteiger partial charge in [0.2, 0.25) is 10.0 Å². The fourth-order valence-corrected chi connectivity index (χ4v) is 3.97. The molecule has 0 fully saturated rings. The summed E-state index contributed by atoms with van der Waals surface area (Å²) in [6, 6.07) is 2.13. The second-order valence-electron chi connectivity index (χ2n) is 5.46. The SMILES string of the molecule is CC(C)(C)S(=O)(=O)Nc1sc2c(c1C#N)CCNC2. The zero-order valence-corrected chi connectivity index (χ0v) is 12.8. The van der Waals surface area contributed by atoms with E-state index in [1.807, 2.05) is 0 Å². The van der Waals surface area contributed by atoms with Crippen LogP contribution in [0, 0.1) is 11.3 Å². The van der Waals surface area contributed by atoms with Crippen LogP contribution in [0.3, 0.4) is 0 Å². The number of nitrogens with zero attached hydrogens (tertiary/aromatic N) is 1. The van der Waals surface area contributed by atoms with Crippen LogP contribution in [-0.2, 0) is 23.0 Å². The number of hydrogen-bond donors (Lipinski definition) is 2. The van der Waals surface area contributed by atoms with Crippen molar-refractivity contribution in [1.29, 1.82) is 5.26 Å². The zero-order valence-electron chi connectivity index (χ0n) is 11.2. The second-order valence-corrected chi connectivity index (χ2v) is 9.01. The maximum atomic E-state index is 12.2. The molecule has 1 aromatic rings. The summed E-state index contributed by atoms with van der Waals surface area (Å²) in [6.07, 6.45) is 0.770. The van der Waals surface area contributed by atoms with Crippen LogP contribution in [0.15, 0.2) is 0 Å². The maximum Gasteiger partial charge on any atom is 0.238 e. The average Bonchev–Trinajstić information content (AvgIpc) is 2.63. The largest absolute Gasteiger partial charge is 0.312 e. The first-order valence-electron chi connectivity index (χ1n) is 6.04. The molecule has 0 radical (unpaired) electrons. The third-order valence-corrected chi connectivity index (χ3v) is 6.43. The van der Waals surface area contributed by atoms with E-state index in [2.05, 4.69) is 16.1 Å². The molecule has 0 bridgehead atoms. The second kappa shape index (κ2) is 4.78. The molecule has 0 aromatic carbocycles. The Labute approximate surface area is 117 Å². The van der Waals surface area contributed by atoms with Crippen molar-refractivity contribution in [3.05, 3.63) is 16.0 Å². The Morgan fingerprint density at radius 2 is 2.11 bits per heavy atom. The van der Waals surface area contributed by atoms with Crippen LogP contribution in [0.5, 0.6) is 0 Å². The van der Waals surface area contributed by atoms with Crippen LogP contribution in [0.2, 0.25) is 0 Å². The average molecular weight is 299 g/mol. The molecular weight excluding hydrogens is 282 g/mol. The molecule has 0 atom stereocenters. The molecule has 1 aliphatic heterocycles. The van der Waals surface area contributed by atoms with Crippen molar-refractivity contribution in [3.8, 4) is 6.07 Å². The summed E-state index contributed by atoms with van der Waals surface area (Å²) < 4.78 is 26.0. The van der Waals surface area contributed by atoms with Crippen LogP contribution in [0.1, 0.15) is 36.8 Å². The Morgan fingerprint density at radius 3 is 2.68 bits per heavy atom. The van der Waals surface area contributed by atoms with Crippen molar-refractivity contribution in [2.24, 2.45) is 0 Å². The van der Waals surface area contributed by atoms with E-state index < -0.39 is 14.8 Å². The highest BCUT2D eigenvalue weighted by molar-refractivity contribution is 7.94. The minimum Gasteiger partial charge on any atom is -0.312 e. The fraction of sp³-hybridized carbons (Fsp3) is 0.583. The van der Waals surface area contributed by atoms with Crippen LogP contribution in [-0.4, -0.2) is 19.7 Å². The van der Waals surface area contributed by atoms with Gasteiger partial charge in [0.15, 0.2) is 0 Å². The standard InChI is InChI=1S/C12H17N3O2S2/c1-12(2,3)19(16,17)15-11-9(6-13)8-4-5-14-7-10(8)18-11/h14-15H,4-5,7H2,1-3H3. The van der Waals surface area contributed by atoms with Crippen molar-refractivity contribution in [1.82, 2.24) is 5.32 Å². The Hall–Kier alpha value is -1.10. The molecule has 0 saturated carbocycles. The lowest BCUT2D eigenvalue weighted by Crippen LogP contribution is -2.33. The molecule has 1 aromatic heterocycles. The summed E-state index contributed by atoms with van der Waals surface area (Å²) in [6.45, 7) is 6.43. The topological polar surface area (TPSA) is 82.0 Å². The number of nitrogens with one attached hydrogen (secondary N) is 2. The molecule has 0 saturated heterocycles. The molecule has 0 amide bonds. The molecule has 5 nitrogen and oxygen atoms in total. The number of nitriles is 1. The number of thiophene rings is 1. The third-order valence-electron chi connectivity index (χ3n) is 3.07. The highest BCUT2D eigenvalue weighted by Gasteiger charge is 2.31. The summed E-state index contributed by atoms with van der Waals surface area (Å²) in [4.78, 5) is 1.05. The quantitative estimate of drug-likeness (QED) is 0.872. The van der Waals surface area contributed by atoms with Crippen LogP contribution >= 0.6 is 11.3 Å². The molecule has 0 spiro atoms. The van der Waals surface area contributed by atoms with Crippen molar-refractivity contribution in [3.63, 3.8) is 0 Å². The Balaban J connectivity index is 2.43. The van der Waals surface area contributed by atoms with Gasteiger partial charge >= 0.3 is 0 Å². The number of rotatable bonds is 2. The summed E-state index contributed by atoms with van der Waals surface area (Å²) >= 11 is 1.35. The van der Waals surface area contributed by atoms with E-state index in [1.165, 1.54) is 11.3 Å². The van der Waals surface area contributed by atoms with Crippen molar-refractivity contribution in [2.75, 3.05) is 11.3 Å². The van der Waals surface area contributed by atoms with Gasteiger partial charge < -0.3 is 5.32 Å². The molecule has 0 aliphatic carbocycles. The van der Waals surface area contributed by atoms with Gasteiger partial charge in [0.05, 0.1) is 10.3 Å². The minimum atomic E-state index is -3.49. The summed E-state index contributed by atoms with van der Waals surface area (Å²) in [5, 5.41) is 12.9. The Kier molecular flexibility index (Phi) is 3.60. The van der Waals surface area contributed by atoms with Crippen molar-refractivity contribution in [2.45, 2.75) is 38.5 Å². The predicted molar refractivity (Wildman–Crippen MR) is 76.7 cm³/mol. The zero-order chi connectivity index (χ0) is 14.3. The number of anilines is 1. The summed E-state index contributed by atoms with van der Waals surface area (Å²) in [5.74, 6) is 0. The number of fused-ring (bicyclic) bond motifs is 1. The van der Waals surface area contributed by atoms with Crippen LogP contribution in [0.25, 0.3) is 0 Å². The normalized spacial score (nSPS) is 15.7. The molecule has 1 aliphatic rings. The van der Waals surface area contributed by atoms with E-state index in [4.69, 9.17) is 0 Å². The van der Waals surface area contributed by atoms with Gasteiger partial charge in [-0.1, -0.05) is 0 Å². The lowest BCUT2D eigenvalue weighted by Gasteiger charge is -2.19. The fourth-order valence-electron chi connectivity index (χ4n) is 1.80. The molecule has 2 rings (SSSR count). The van der Waals surface area contributed by atoms with E-state index in [1.54, 1.807) is 20.8 Å². The first-order valence-corrected chi connectivity index (χ1v) is 8.34. The maximum absolute atomic E-state index is 12.2. The van der Waals surface area contributed by atoms with Crippen LogP contribution < -0.4 is 10.0 Å². The smallest absolute Gasteiger partial charge is 0.238 e. The monoisotopic (exact) mass is 299 g/mol. The van der Waals surface area contributed by atoms with Gasteiger partial charge in [-0.3, -0.25) is 4.72 Å². The highest BCUT2D eigenvalue weighted by Crippen LogP contribution is 2.36. The van der Waals surface area contributed by atoms with E-state index in [9.17, 15) is 13.7 Å². The van der Waals surface area contributed by atoms with Gasteiger partial charge in [-0.15, -0.1) is 11.3 Å². The molecule has 7 heteroatoms. The molecule has 0 unspecified atom stereocenters. The first kappa shape index (κ1) is 14.3. The minimum absolute atomic E-state index is 0.450. The third kappa shape index (κ3) is 2.61. The van der Waals surface area contributed by atoms with E-state index in [-0.39, 0.29) is 0 Å². The molecule has 2 heterocycles. The Morgan fingerprint density at radius 1 is 1.42 bits per heavy atom. The summed E-state index contributed by atoms with van der Waals surface area (Å²) in [7, 11) is -3.49. The van der Waals surface area contributed by atoms with Gasteiger partial charge in [-0.05, 0) is 39.3 Å². The van der Waals surface area contributed by atoms with Gasteiger partial charge in [0.25, 0.3) is 0 Å². The first-order chi connectivity index (χ1) is 8.76. The van der Waals surface area contributed by atoms with Gasteiger partial charge in [-0.25, -0.2) is 8.42 Å². The van der Waals surface area contributed by atoms with Crippen LogP contribution in [0.4, 0.5) is 5.00 Å². The predicted octanol–water partition coefficient (Wildman–Crippen LogP) is 1.81. The number of sulfonamides is 1. The lowest BCUT2D eigenvalue weighted by molar-refractivity contribution is 0.566. The van der Waals surface area contributed by atoms with Crippen molar-refractivity contribution < 1.29 is 8.42 Å². The van der Waals surface area contributed by atoms with E-state index >= 15 is 0 Å². The van der Waals surface area contributed by atoms with Crippen molar-refractivity contribution >= 4 is 26.4 Å². The van der Waals surface area contributed by atoms with Gasteiger partial charge in [-0.2, -0.15) is 5.26 Å². The van der Waals surface area contributed by atoms with E-state index in [0.29, 0.717) is 17.1 Å². The Bertz CT molecular complexity index is 633. The summed E-state index contributed by atoms with van der Waals surface area (Å²) in [5.41, 5.74) is 1.46. The van der Waals surface area contributed by atoms with Gasteiger partial charge in [0.1, 0.15) is 11.1 Å². The van der Waals surface area contributed by atoms with Gasteiger partial charge in [0, 0.05) is 11.4 Å².